The van der Waals surface area contributed by atoms with Crippen molar-refractivity contribution in [1.82, 2.24) is 0 Å². The normalized spacial score (nSPS) is 10.1. The topological polar surface area (TPSA) is 34.1 Å². The van der Waals surface area contributed by atoms with Gasteiger partial charge < -0.3 is 0 Å². The molecular formula is C11H10Cl2O2. The molecule has 0 aromatic heterocycles. The molecule has 0 N–H and O–H groups in total. The van der Waals surface area contributed by atoms with Gasteiger partial charge in [0.15, 0.2) is 0 Å². The highest BCUT2D eigenvalue weighted by molar-refractivity contribution is 6.69. The summed E-state index contributed by atoms with van der Waals surface area (Å²) in [7, 11) is 0. The van der Waals surface area contributed by atoms with Gasteiger partial charge in [-0.1, -0.05) is 6.92 Å². The van der Waals surface area contributed by atoms with Crippen LogP contribution in [-0.2, 0) is 6.42 Å². The van der Waals surface area contributed by atoms with Crippen molar-refractivity contribution in [2.75, 3.05) is 0 Å². The van der Waals surface area contributed by atoms with Crippen LogP contribution in [0.4, 0.5) is 0 Å². The van der Waals surface area contributed by atoms with Crippen LogP contribution in [0.1, 0.15) is 38.8 Å². The van der Waals surface area contributed by atoms with Crippen LogP contribution in [0.3, 0.4) is 0 Å². The first-order chi connectivity index (χ1) is 6.97. The number of carbonyl (C=O) groups is 2. The Morgan fingerprint density at radius 3 is 1.80 bits per heavy atom. The summed E-state index contributed by atoms with van der Waals surface area (Å²) in [4.78, 5) is 22.2. The van der Waals surface area contributed by atoms with Crippen LogP contribution in [0.5, 0.6) is 0 Å². The van der Waals surface area contributed by atoms with Gasteiger partial charge in [0.1, 0.15) is 0 Å². The van der Waals surface area contributed by atoms with Crippen molar-refractivity contribution in [2.24, 2.45) is 0 Å². The Hall–Kier alpha value is -0.860. The van der Waals surface area contributed by atoms with E-state index >= 15 is 0 Å². The van der Waals surface area contributed by atoms with Crippen LogP contribution in [0, 0.1) is 6.92 Å². The van der Waals surface area contributed by atoms with Gasteiger partial charge in [0, 0.05) is 11.1 Å². The number of aryl methyl sites for hydroxylation is 1. The predicted molar refractivity (Wildman–Crippen MR) is 60.9 cm³/mol. The second kappa shape index (κ2) is 4.77. The smallest absolute Gasteiger partial charge is 0.252 e. The quantitative estimate of drug-likeness (QED) is 0.765. The van der Waals surface area contributed by atoms with E-state index < -0.39 is 10.5 Å². The lowest BCUT2D eigenvalue weighted by Crippen LogP contribution is -2.03. The Kier molecular flexibility index (Phi) is 3.89. The fourth-order valence-corrected chi connectivity index (χ4v) is 1.78. The van der Waals surface area contributed by atoms with Crippen molar-refractivity contribution < 1.29 is 9.59 Å². The Labute approximate surface area is 98.2 Å². The molecule has 0 bridgehead atoms. The average molecular weight is 245 g/mol. The van der Waals surface area contributed by atoms with Crippen molar-refractivity contribution in [1.29, 1.82) is 0 Å². The summed E-state index contributed by atoms with van der Waals surface area (Å²) in [5.74, 6) is 0. The maximum absolute atomic E-state index is 11.1. The Morgan fingerprint density at radius 2 is 1.53 bits per heavy atom. The van der Waals surface area contributed by atoms with Gasteiger partial charge in [0.05, 0.1) is 0 Å². The van der Waals surface area contributed by atoms with Crippen molar-refractivity contribution in [3.8, 4) is 0 Å². The van der Waals surface area contributed by atoms with E-state index in [4.69, 9.17) is 23.2 Å². The van der Waals surface area contributed by atoms with Gasteiger partial charge in [-0.25, -0.2) is 0 Å². The minimum absolute atomic E-state index is 0.347. The molecule has 0 aliphatic rings. The van der Waals surface area contributed by atoms with Gasteiger partial charge in [-0.05, 0) is 59.8 Å². The summed E-state index contributed by atoms with van der Waals surface area (Å²) >= 11 is 10.8. The molecule has 80 valence electrons. The Morgan fingerprint density at radius 1 is 1.13 bits per heavy atom. The molecule has 15 heavy (non-hydrogen) atoms. The lowest BCUT2D eigenvalue weighted by Gasteiger charge is -2.08. The highest BCUT2D eigenvalue weighted by Crippen LogP contribution is 2.21. The first-order valence-corrected chi connectivity index (χ1v) is 5.26. The van der Waals surface area contributed by atoms with Crippen LogP contribution >= 0.6 is 23.2 Å². The van der Waals surface area contributed by atoms with E-state index in [9.17, 15) is 9.59 Å². The van der Waals surface area contributed by atoms with Gasteiger partial charge in [0.2, 0.25) is 0 Å². The number of halogens is 2. The molecule has 4 heteroatoms. The molecule has 1 aromatic carbocycles. The van der Waals surface area contributed by atoms with Crippen molar-refractivity contribution in [3.05, 3.63) is 34.4 Å². The van der Waals surface area contributed by atoms with Crippen molar-refractivity contribution >= 4 is 33.7 Å². The van der Waals surface area contributed by atoms with E-state index in [1.807, 2.05) is 6.92 Å². The molecule has 1 rings (SSSR count). The fourth-order valence-electron chi connectivity index (χ4n) is 1.39. The molecule has 0 heterocycles. The van der Waals surface area contributed by atoms with Gasteiger partial charge in [-0.2, -0.15) is 0 Å². The largest absolute Gasteiger partial charge is 0.276 e. The standard InChI is InChI=1S/C11H10Cl2O2/c1-3-7-4-8(10(12)14)6(2)9(5-7)11(13)15/h4-5H,3H2,1-2H3. The molecule has 2 nitrogen and oxygen atoms in total. The van der Waals surface area contributed by atoms with E-state index in [0.717, 1.165) is 5.56 Å². The summed E-state index contributed by atoms with van der Waals surface area (Å²) < 4.78 is 0. The number of hydrogen-bond donors (Lipinski definition) is 0. The lowest BCUT2D eigenvalue weighted by molar-refractivity contribution is 0.108. The zero-order valence-electron chi connectivity index (χ0n) is 8.43. The molecule has 0 fully saturated rings. The minimum atomic E-state index is -0.568. The fraction of sp³-hybridized carbons (Fsp3) is 0.273. The highest BCUT2D eigenvalue weighted by Gasteiger charge is 2.15. The van der Waals surface area contributed by atoms with Crippen LogP contribution in [0.15, 0.2) is 12.1 Å². The molecule has 0 aliphatic carbocycles. The number of rotatable bonds is 3. The summed E-state index contributed by atoms with van der Waals surface area (Å²) in [5.41, 5.74) is 2.10. The first kappa shape index (κ1) is 12.2. The second-order valence-corrected chi connectivity index (χ2v) is 3.90. The van der Waals surface area contributed by atoms with E-state index in [-0.39, 0.29) is 0 Å². The van der Waals surface area contributed by atoms with Gasteiger partial charge in [-0.15, -0.1) is 0 Å². The van der Waals surface area contributed by atoms with Crippen LogP contribution in [0.2, 0.25) is 0 Å². The van der Waals surface area contributed by atoms with Crippen molar-refractivity contribution in [2.45, 2.75) is 20.3 Å². The third kappa shape index (κ3) is 2.58. The molecule has 0 radical (unpaired) electrons. The molecular weight excluding hydrogens is 235 g/mol. The monoisotopic (exact) mass is 244 g/mol. The van der Waals surface area contributed by atoms with Crippen LogP contribution < -0.4 is 0 Å². The van der Waals surface area contributed by atoms with Crippen LogP contribution in [-0.4, -0.2) is 10.5 Å². The molecule has 0 aliphatic heterocycles. The van der Waals surface area contributed by atoms with Gasteiger partial charge in [0.25, 0.3) is 10.5 Å². The average Bonchev–Trinajstić information content (AvgIpc) is 2.17. The zero-order chi connectivity index (χ0) is 11.6. The summed E-state index contributed by atoms with van der Waals surface area (Å²) in [5, 5.41) is -1.14. The molecule has 1 aromatic rings. The molecule has 0 amide bonds. The third-order valence-electron chi connectivity index (χ3n) is 2.30. The molecule has 0 saturated heterocycles. The van der Waals surface area contributed by atoms with Crippen LogP contribution in [0.25, 0.3) is 0 Å². The highest BCUT2D eigenvalue weighted by atomic mass is 35.5. The van der Waals surface area contributed by atoms with Gasteiger partial charge in [-0.3, -0.25) is 9.59 Å². The molecule has 0 unspecified atom stereocenters. The lowest BCUT2D eigenvalue weighted by atomic mass is 9.99. The Bertz CT molecular complexity index is 390. The van der Waals surface area contributed by atoms with E-state index in [1.165, 1.54) is 0 Å². The minimum Gasteiger partial charge on any atom is -0.276 e. The van der Waals surface area contributed by atoms with E-state index in [0.29, 0.717) is 23.1 Å². The predicted octanol–water partition coefficient (Wildman–Crippen LogP) is 3.32. The van der Waals surface area contributed by atoms with E-state index in [1.54, 1.807) is 19.1 Å². The maximum atomic E-state index is 11.1. The number of hydrogen-bond acceptors (Lipinski definition) is 2. The second-order valence-electron chi connectivity index (χ2n) is 3.22. The summed E-state index contributed by atoms with van der Waals surface area (Å²) in [6.07, 6.45) is 0.717. The Balaban J connectivity index is 3.47. The first-order valence-electron chi connectivity index (χ1n) is 4.50. The SMILES string of the molecule is CCc1cc(C(=O)Cl)c(C)c(C(=O)Cl)c1. The summed E-state index contributed by atoms with van der Waals surface area (Å²) in [6.45, 7) is 3.58. The molecule has 0 spiro atoms. The number of carbonyl (C=O) groups excluding carboxylic acids is 2. The maximum Gasteiger partial charge on any atom is 0.252 e. The van der Waals surface area contributed by atoms with E-state index in [2.05, 4.69) is 0 Å². The summed E-state index contributed by atoms with van der Waals surface area (Å²) in [6, 6.07) is 3.38. The number of benzene rings is 1. The molecule has 0 saturated carbocycles. The van der Waals surface area contributed by atoms with Crippen molar-refractivity contribution in [3.63, 3.8) is 0 Å². The zero-order valence-corrected chi connectivity index (χ0v) is 9.95. The van der Waals surface area contributed by atoms with Gasteiger partial charge >= 0.3 is 0 Å². The third-order valence-corrected chi connectivity index (χ3v) is 2.71. The molecule has 0 atom stereocenters.